The predicted molar refractivity (Wildman–Crippen MR) is 59.4 cm³/mol. The highest BCUT2D eigenvalue weighted by atomic mass is 19.1. The number of nitro benzene ring substituents is 1. The second-order valence-corrected chi connectivity index (χ2v) is 4.20. The quantitative estimate of drug-likeness (QED) is 0.634. The molecule has 16 heavy (non-hydrogen) atoms. The molecule has 1 aromatic rings. The zero-order valence-corrected chi connectivity index (χ0v) is 9.31. The molecule has 5 heteroatoms. The van der Waals surface area contributed by atoms with Gasteiger partial charge in [0.1, 0.15) is 5.82 Å². The molecule has 0 saturated heterocycles. The molecule has 2 N–H and O–H groups in total. The Kier molecular flexibility index (Phi) is 3.95. The lowest BCUT2D eigenvalue weighted by molar-refractivity contribution is -0.385. The molecular weight excluding hydrogens is 211 g/mol. The van der Waals surface area contributed by atoms with Crippen LogP contribution in [-0.4, -0.2) is 4.92 Å². The highest BCUT2D eigenvalue weighted by Gasteiger charge is 2.17. The molecule has 0 saturated carbocycles. The summed E-state index contributed by atoms with van der Waals surface area (Å²) in [6.07, 6.45) is 0.595. The third-order valence-corrected chi connectivity index (χ3v) is 2.32. The average molecular weight is 226 g/mol. The van der Waals surface area contributed by atoms with Gasteiger partial charge in [0, 0.05) is 23.7 Å². The molecule has 0 heterocycles. The highest BCUT2D eigenvalue weighted by Crippen LogP contribution is 2.25. The van der Waals surface area contributed by atoms with Gasteiger partial charge < -0.3 is 5.73 Å². The van der Waals surface area contributed by atoms with Crippen molar-refractivity contribution in [1.82, 2.24) is 0 Å². The van der Waals surface area contributed by atoms with Gasteiger partial charge in [-0.25, -0.2) is 4.39 Å². The monoisotopic (exact) mass is 226 g/mol. The van der Waals surface area contributed by atoms with Crippen LogP contribution in [0.5, 0.6) is 0 Å². The van der Waals surface area contributed by atoms with E-state index in [1.54, 1.807) is 0 Å². The van der Waals surface area contributed by atoms with Gasteiger partial charge >= 0.3 is 0 Å². The summed E-state index contributed by atoms with van der Waals surface area (Å²) in [4.78, 5) is 10.0. The molecule has 88 valence electrons. The second kappa shape index (κ2) is 5.03. The summed E-state index contributed by atoms with van der Waals surface area (Å²) in [5.74, 6) is -0.174. The van der Waals surface area contributed by atoms with E-state index in [0.717, 1.165) is 12.1 Å². The van der Waals surface area contributed by atoms with Crippen LogP contribution in [0, 0.1) is 21.8 Å². The number of nitro groups is 1. The van der Waals surface area contributed by atoms with E-state index in [1.165, 1.54) is 6.07 Å². The van der Waals surface area contributed by atoms with Crippen molar-refractivity contribution in [2.75, 3.05) is 0 Å². The van der Waals surface area contributed by atoms with Crippen molar-refractivity contribution < 1.29 is 9.31 Å². The minimum atomic E-state index is -0.551. The SMILES string of the molecule is CC(C)C[C@@H](N)c1cc([N+](=O)[O-])ccc1F. The van der Waals surface area contributed by atoms with Gasteiger partial charge in [-0.05, 0) is 18.4 Å². The van der Waals surface area contributed by atoms with Crippen LogP contribution >= 0.6 is 0 Å². The summed E-state index contributed by atoms with van der Waals surface area (Å²) in [5.41, 5.74) is 5.89. The van der Waals surface area contributed by atoms with Gasteiger partial charge in [0.05, 0.1) is 4.92 Å². The topological polar surface area (TPSA) is 69.2 Å². The standard InChI is InChI=1S/C11H15FN2O2/c1-7(2)5-11(13)9-6-8(14(15)16)3-4-10(9)12/h3-4,6-7,11H,5,13H2,1-2H3/t11-/m1/s1. The largest absolute Gasteiger partial charge is 0.324 e. The third kappa shape index (κ3) is 3.00. The van der Waals surface area contributed by atoms with Crippen molar-refractivity contribution in [1.29, 1.82) is 0 Å². The van der Waals surface area contributed by atoms with E-state index in [9.17, 15) is 14.5 Å². The minimum Gasteiger partial charge on any atom is -0.324 e. The van der Waals surface area contributed by atoms with Crippen molar-refractivity contribution in [3.63, 3.8) is 0 Å². The van der Waals surface area contributed by atoms with Gasteiger partial charge in [-0.3, -0.25) is 10.1 Å². The summed E-state index contributed by atoms with van der Waals surface area (Å²) in [5, 5.41) is 10.6. The van der Waals surface area contributed by atoms with Crippen molar-refractivity contribution in [2.24, 2.45) is 11.7 Å². The Morgan fingerprint density at radius 2 is 2.12 bits per heavy atom. The van der Waals surface area contributed by atoms with Crippen LogP contribution in [0.4, 0.5) is 10.1 Å². The van der Waals surface area contributed by atoms with Crippen molar-refractivity contribution >= 4 is 5.69 Å². The first-order valence-corrected chi connectivity index (χ1v) is 5.11. The number of halogens is 1. The van der Waals surface area contributed by atoms with E-state index >= 15 is 0 Å². The third-order valence-electron chi connectivity index (χ3n) is 2.32. The average Bonchev–Trinajstić information content (AvgIpc) is 2.16. The molecule has 0 bridgehead atoms. The van der Waals surface area contributed by atoms with Gasteiger partial charge in [-0.2, -0.15) is 0 Å². The number of nitrogens with zero attached hydrogens (tertiary/aromatic N) is 1. The van der Waals surface area contributed by atoms with Crippen molar-refractivity contribution in [3.8, 4) is 0 Å². The maximum atomic E-state index is 13.4. The maximum absolute atomic E-state index is 13.4. The molecule has 1 rings (SSSR count). The number of hydrogen-bond acceptors (Lipinski definition) is 3. The summed E-state index contributed by atoms with van der Waals surface area (Å²) in [7, 11) is 0. The van der Waals surface area contributed by atoms with E-state index in [4.69, 9.17) is 5.73 Å². The van der Waals surface area contributed by atoms with E-state index in [-0.39, 0.29) is 11.3 Å². The molecule has 1 atom stereocenters. The van der Waals surface area contributed by atoms with Crippen LogP contribution < -0.4 is 5.73 Å². The number of non-ortho nitro benzene ring substituents is 1. The summed E-state index contributed by atoms with van der Waals surface area (Å²) >= 11 is 0. The fourth-order valence-corrected chi connectivity index (χ4v) is 1.56. The Hall–Kier alpha value is -1.49. The zero-order chi connectivity index (χ0) is 12.3. The van der Waals surface area contributed by atoms with Gasteiger partial charge in [0.25, 0.3) is 5.69 Å². The molecule has 1 aromatic carbocycles. The first kappa shape index (κ1) is 12.6. The Morgan fingerprint density at radius 3 is 2.62 bits per heavy atom. The van der Waals surface area contributed by atoms with E-state index < -0.39 is 16.8 Å². The van der Waals surface area contributed by atoms with E-state index in [0.29, 0.717) is 12.3 Å². The first-order valence-electron chi connectivity index (χ1n) is 5.11. The van der Waals surface area contributed by atoms with E-state index in [1.807, 2.05) is 13.8 Å². The van der Waals surface area contributed by atoms with Gasteiger partial charge in [0.2, 0.25) is 0 Å². The van der Waals surface area contributed by atoms with Crippen molar-refractivity contribution in [3.05, 3.63) is 39.7 Å². The first-order chi connectivity index (χ1) is 7.41. The molecule has 0 aliphatic carbocycles. The summed E-state index contributed by atoms with van der Waals surface area (Å²) in [6.45, 7) is 3.93. The minimum absolute atomic E-state index is 0.129. The van der Waals surface area contributed by atoms with Crippen LogP contribution in [0.25, 0.3) is 0 Å². The molecule has 0 aliphatic rings. The molecule has 0 aromatic heterocycles. The maximum Gasteiger partial charge on any atom is 0.269 e. The number of hydrogen-bond donors (Lipinski definition) is 1. The molecule has 4 nitrogen and oxygen atoms in total. The second-order valence-electron chi connectivity index (χ2n) is 4.20. The predicted octanol–water partition coefficient (Wildman–Crippen LogP) is 2.78. The Morgan fingerprint density at radius 1 is 1.50 bits per heavy atom. The number of benzene rings is 1. The van der Waals surface area contributed by atoms with Crippen LogP contribution in [0.2, 0.25) is 0 Å². The van der Waals surface area contributed by atoms with Crippen LogP contribution in [0.15, 0.2) is 18.2 Å². The van der Waals surface area contributed by atoms with Gasteiger partial charge in [-0.1, -0.05) is 13.8 Å². The lowest BCUT2D eigenvalue weighted by Gasteiger charge is -2.14. The molecule has 0 aliphatic heterocycles. The molecular formula is C11H15FN2O2. The molecule has 0 unspecified atom stereocenters. The van der Waals surface area contributed by atoms with Crippen LogP contribution in [-0.2, 0) is 0 Å². The normalized spacial score (nSPS) is 12.8. The molecule has 0 spiro atoms. The van der Waals surface area contributed by atoms with Gasteiger partial charge in [0.15, 0.2) is 0 Å². The summed E-state index contributed by atoms with van der Waals surface area (Å²) in [6, 6.07) is 2.94. The lowest BCUT2D eigenvalue weighted by Crippen LogP contribution is -2.14. The summed E-state index contributed by atoms with van der Waals surface area (Å²) < 4.78 is 13.4. The van der Waals surface area contributed by atoms with Crippen molar-refractivity contribution in [2.45, 2.75) is 26.3 Å². The lowest BCUT2D eigenvalue weighted by atomic mass is 9.97. The fraction of sp³-hybridized carbons (Fsp3) is 0.455. The molecule has 0 amide bonds. The van der Waals surface area contributed by atoms with Crippen LogP contribution in [0.1, 0.15) is 31.9 Å². The van der Waals surface area contributed by atoms with Crippen LogP contribution in [0.3, 0.4) is 0 Å². The Bertz CT molecular complexity index is 394. The fourth-order valence-electron chi connectivity index (χ4n) is 1.56. The number of rotatable bonds is 4. The Balaban J connectivity index is 3.02. The molecule has 0 fully saturated rings. The number of nitrogens with two attached hydrogens (primary N) is 1. The Labute approximate surface area is 93.4 Å². The zero-order valence-electron chi connectivity index (χ0n) is 9.31. The van der Waals surface area contributed by atoms with E-state index in [2.05, 4.69) is 0 Å². The highest BCUT2D eigenvalue weighted by molar-refractivity contribution is 5.36. The smallest absolute Gasteiger partial charge is 0.269 e. The van der Waals surface area contributed by atoms with Gasteiger partial charge in [-0.15, -0.1) is 0 Å². The molecule has 0 radical (unpaired) electrons.